The molecule has 0 aromatic heterocycles. The Morgan fingerprint density at radius 2 is 1.81 bits per heavy atom. The van der Waals surface area contributed by atoms with Gasteiger partial charge in [0.1, 0.15) is 0 Å². The predicted molar refractivity (Wildman–Crippen MR) is 68.0 cm³/mol. The number of nitrogens with two attached hydrogens (primary N) is 1. The molecule has 0 aliphatic heterocycles. The molecule has 7 nitrogen and oxygen atoms in total. The molecule has 1 rings (SSSR count). The summed E-state index contributed by atoms with van der Waals surface area (Å²) in [4.78, 5) is 29.7. The Balaban J connectivity index is 0. The summed E-state index contributed by atoms with van der Waals surface area (Å²) in [5.41, 5.74) is 6.49. The molecule has 8 heteroatoms. The van der Waals surface area contributed by atoms with E-state index in [1.54, 1.807) is 18.4 Å². The van der Waals surface area contributed by atoms with Crippen LogP contribution in [0.15, 0.2) is 24.3 Å². The van der Waals surface area contributed by atoms with E-state index < -0.39 is 18.0 Å². The van der Waals surface area contributed by atoms with Crippen LogP contribution in [0.3, 0.4) is 0 Å². The Bertz CT molecular complexity index is 450. The van der Waals surface area contributed by atoms with E-state index in [0.29, 0.717) is 5.56 Å². The number of benzene rings is 1. The second-order valence-corrected chi connectivity index (χ2v) is 3.77. The van der Waals surface area contributed by atoms with Gasteiger partial charge in [0.05, 0.1) is 12.3 Å². The van der Waals surface area contributed by atoms with Crippen molar-refractivity contribution in [3.05, 3.63) is 29.8 Å². The molecule has 0 saturated heterocycles. The zero-order valence-electron chi connectivity index (χ0n) is 11.6. The van der Waals surface area contributed by atoms with E-state index in [4.69, 9.17) is 5.73 Å². The number of rotatable bonds is 6. The van der Waals surface area contributed by atoms with Crippen molar-refractivity contribution in [2.24, 2.45) is 5.73 Å². The average molecular weight is 345 g/mol. The van der Waals surface area contributed by atoms with Crippen LogP contribution in [-0.2, 0) is 33.9 Å². The molecule has 1 aromatic rings. The Morgan fingerprint density at radius 1 is 1.29 bits per heavy atom. The first-order valence-corrected chi connectivity index (χ1v) is 5.73. The van der Waals surface area contributed by atoms with Crippen LogP contribution < -0.4 is 21.3 Å². The van der Waals surface area contributed by atoms with E-state index in [1.165, 1.54) is 0 Å². The summed E-state index contributed by atoms with van der Waals surface area (Å²) in [5, 5.41) is 22.6. The predicted octanol–water partition coefficient (Wildman–Crippen LogP) is -2.22. The molecule has 3 N–H and O–H groups in total. The number of hydrogen-bond donors (Lipinski definition) is 2. The monoisotopic (exact) mass is 343 g/mol. The third kappa shape index (κ3) is 10.6. The fraction of sp³-hybridized carbons (Fsp3) is 0.308. The smallest absolute Gasteiger partial charge is 0.550 e. The Kier molecular flexibility index (Phi) is 12.3. The normalized spacial score (nSPS) is 10.2. The van der Waals surface area contributed by atoms with Crippen LogP contribution in [0.4, 0.5) is 5.69 Å². The Hall–Kier alpha value is -1.79. The van der Waals surface area contributed by atoms with Crippen molar-refractivity contribution >= 4 is 23.9 Å². The number of aliphatic carboxylic acids is 2. The molecule has 0 amide bonds. The van der Waals surface area contributed by atoms with E-state index in [-0.39, 0.29) is 32.3 Å². The summed E-state index contributed by atoms with van der Waals surface area (Å²) >= 11 is 0. The maximum atomic E-state index is 10.1. The van der Waals surface area contributed by atoms with Gasteiger partial charge < -0.3 is 35.6 Å². The van der Waals surface area contributed by atoms with Gasteiger partial charge in [-0.1, -0.05) is 12.1 Å². The first-order valence-electron chi connectivity index (χ1n) is 5.73. The van der Waals surface area contributed by atoms with Gasteiger partial charge in [-0.15, -0.1) is 0 Å². The quantitative estimate of drug-likeness (QED) is 0.440. The number of carboxylic acids is 2. The van der Waals surface area contributed by atoms with Crippen LogP contribution in [0.5, 0.6) is 0 Å². The minimum atomic E-state index is -1.44. The van der Waals surface area contributed by atoms with E-state index in [9.17, 15) is 24.6 Å². The molecule has 0 radical (unpaired) electrons. The number of carboxylic acid groups (broad SMARTS) is 2. The molecule has 0 saturated carbocycles. The van der Waals surface area contributed by atoms with Gasteiger partial charge in [0.2, 0.25) is 0 Å². The molecular weight excluding hydrogens is 330 g/mol. The molecule has 0 fully saturated rings. The second-order valence-electron chi connectivity index (χ2n) is 3.77. The number of nitrogens with one attached hydrogen (secondary N) is 1. The third-order valence-corrected chi connectivity index (χ3v) is 2.25. The molecule has 1 atom stereocenters. The number of carbonyl (C=O) groups excluding carboxylic acids is 3. The maximum absolute atomic E-state index is 10.1. The minimum absolute atomic E-state index is 0. The Labute approximate surface area is 135 Å². The van der Waals surface area contributed by atoms with E-state index in [2.05, 4.69) is 5.32 Å². The van der Waals surface area contributed by atoms with Crippen molar-refractivity contribution < 1.29 is 44.1 Å². The number of hydrogen-bond acceptors (Lipinski definition) is 7. The van der Waals surface area contributed by atoms with Gasteiger partial charge in [-0.3, -0.25) is 0 Å². The van der Waals surface area contributed by atoms with Gasteiger partial charge in [0, 0.05) is 24.7 Å². The van der Waals surface area contributed by atoms with Gasteiger partial charge in [-0.2, -0.15) is 17.7 Å². The standard InChI is InChI=1S/C8H8NO.C5H9NO4.Zn/c1-9-8-4-2-7(6-10)3-5-8;6-3(5(9)10)1-2-4(7)8;/h2-5,9H,1H3;3H,1-2,6H2,(H,7,8)(H,9,10);/q-1;;+2/p-2. The molecule has 0 heterocycles. The topological polar surface area (TPSA) is 135 Å². The molecule has 110 valence electrons. The largest absolute Gasteiger partial charge is 2.00 e. The second kappa shape index (κ2) is 12.0. The number of anilines is 1. The summed E-state index contributed by atoms with van der Waals surface area (Å²) in [6.07, 6.45) is 1.30. The van der Waals surface area contributed by atoms with Crippen LogP contribution >= 0.6 is 0 Å². The van der Waals surface area contributed by atoms with Crippen LogP contribution in [0, 0.1) is 0 Å². The summed E-state index contributed by atoms with van der Waals surface area (Å²) < 4.78 is 0. The molecular formula is C13H15N2O5Zn-. The summed E-state index contributed by atoms with van der Waals surface area (Å²) in [5.74, 6) is -2.75. The van der Waals surface area contributed by atoms with Crippen molar-refractivity contribution in [1.82, 2.24) is 0 Å². The third-order valence-electron chi connectivity index (χ3n) is 2.25. The van der Waals surface area contributed by atoms with Crippen LogP contribution in [0.2, 0.25) is 0 Å². The van der Waals surface area contributed by atoms with Gasteiger partial charge >= 0.3 is 19.5 Å². The molecule has 1 aromatic carbocycles. The van der Waals surface area contributed by atoms with E-state index >= 15 is 0 Å². The van der Waals surface area contributed by atoms with Crippen molar-refractivity contribution in [3.8, 4) is 0 Å². The fourth-order valence-corrected chi connectivity index (χ4v) is 1.10. The van der Waals surface area contributed by atoms with Crippen LogP contribution in [0.1, 0.15) is 18.4 Å². The zero-order chi connectivity index (χ0) is 15.5. The van der Waals surface area contributed by atoms with Crippen molar-refractivity contribution in [2.75, 3.05) is 12.4 Å². The van der Waals surface area contributed by atoms with Crippen LogP contribution in [-0.4, -0.2) is 31.3 Å². The van der Waals surface area contributed by atoms with Crippen molar-refractivity contribution in [2.45, 2.75) is 18.9 Å². The van der Waals surface area contributed by atoms with E-state index in [1.807, 2.05) is 19.2 Å². The van der Waals surface area contributed by atoms with Gasteiger partial charge in [0.25, 0.3) is 0 Å². The first kappa shape index (κ1) is 21.5. The maximum Gasteiger partial charge on any atom is 2.00 e. The summed E-state index contributed by atoms with van der Waals surface area (Å²) in [6, 6.07) is 5.90. The molecule has 0 aliphatic rings. The van der Waals surface area contributed by atoms with E-state index in [0.717, 1.165) is 5.69 Å². The Morgan fingerprint density at radius 3 is 2.14 bits per heavy atom. The molecule has 0 spiro atoms. The zero-order valence-corrected chi connectivity index (χ0v) is 14.6. The molecule has 1 unspecified atom stereocenters. The van der Waals surface area contributed by atoms with Crippen molar-refractivity contribution in [1.29, 1.82) is 0 Å². The number of carbonyl (C=O) groups is 2. The fourth-order valence-electron chi connectivity index (χ4n) is 1.10. The summed E-state index contributed by atoms with van der Waals surface area (Å²) in [7, 11) is 1.83. The molecule has 0 bridgehead atoms. The SMILES string of the molecule is CNc1ccc([C-]=O)cc1.NC(CCC(=O)[O-])C(=O)[O-].[Zn+2]. The van der Waals surface area contributed by atoms with Gasteiger partial charge in [0.15, 0.2) is 0 Å². The van der Waals surface area contributed by atoms with Crippen molar-refractivity contribution in [3.63, 3.8) is 0 Å². The molecule has 21 heavy (non-hydrogen) atoms. The van der Waals surface area contributed by atoms with Gasteiger partial charge in [-0.25, -0.2) is 0 Å². The average Bonchev–Trinajstić information content (AvgIpc) is 2.45. The summed E-state index contributed by atoms with van der Waals surface area (Å²) in [6.45, 7) is 0. The van der Waals surface area contributed by atoms with Crippen LogP contribution in [0.25, 0.3) is 0 Å². The minimum Gasteiger partial charge on any atom is -0.550 e. The molecule has 0 aliphatic carbocycles. The van der Waals surface area contributed by atoms with Gasteiger partial charge in [-0.05, 0) is 12.8 Å². The first-order chi connectivity index (χ1) is 9.40.